The van der Waals surface area contributed by atoms with E-state index in [9.17, 15) is 10.2 Å². The Kier molecular flexibility index (Phi) is 10.6. The average Bonchev–Trinajstić information content (AvgIpc) is 3.03. The Hall–Kier alpha value is -3.29. The Balaban J connectivity index is 0.000000211. The summed E-state index contributed by atoms with van der Waals surface area (Å²) in [7, 11) is 1.69. The van der Waals surface area contributed by atoms with Crippen LogP contribution in [0.25, 0.3) is 22.3 Å². The van der Waals surface area contributed by atoms with Crippen molar-refractivity contribution in [2.45, 2.75) is 82.4 Å². The second kappa shape index (κ2) is 14.7. The van der Waals surface area contributed by atoms with Gasteiger partial charge in [-0.15, -0.1) is 0 Å². The second-order valence-electron chi connectivity index (χ2n) is 11.7. The normalized spacial score (nSPS) is 16.1. The van der Waals surface area contributed by atoms with Crippen molar-refractivity contribution in [2.75, 3.05) is 7.11 Å². The zero-order valence-corrected chi connectivity index (χ0v) is 26.0. The molecule has 3 nitrogen and oxygen atoms in total. The third kappa shape index (κ3) is 7.01. The molecule has 0 amide bonds. The minimum absolute atomic E-state index is 0.0937. The van der Waals surface area contributed by atoms with Crippen LogP contribution in [0.5, 0.6) is 17.2 Å². The van der Waals surface area contributed by atoms with E-state index in [2.05, 4.69) is 49.4 Å². The molecule has 0 unspecified atom stereocenters. The molecule has 0 aromatic heterocycles. The van der Waals surface area contributed by atoms with E-state index in [1.807, 2.05) is 37.4 Å². The van der Waals surface area contributed by atoms with Crippen LogP contribution < -0.4 is 10.0 Å². The molecule has 4 aromatic rings. The average molecular weight is 581 g/mol. The molecule has 2 aliphatic rings. The molecule has 2 N–H and O–H groups in total. The molecule has 0 bridgehead atoms. The molecule has 0 saturated heterocycles. The van der Waals surface area contributed by atoms with Crippen molar-refractivity contribution in [3.8, 4) is 39.5 Å². The van der Waals surface area contributed by atoms with Crippen molar-refractivity contribution in [1.82, 2.24) is 0 Å². The van der Waals surface area contributed by atoms with Gasteiger partial charge < -0.3 is 14.9 Å². The molecule has 0 radical (unpaired) electrons. The molecule has 6 rings (SSSR count). The van der Waals surface area contributed by atoms with Crippen LogP contribution in [0.3, 0.4) is 0 Å². The zero-order valence-electron chi connectivity index (χ0n) is 25.1. The minimum Gasteiger partial charge on any atom is -0.507 e. The van der Waals surface area contributed by atoms with Crippen molar-refractivity contribution in [2.24, 2.45) is 0 Å². The van der Waals surface area contributed by atoms with Crippen LogP contribution in [-0.4, -0.2) is 28.6 Å². The van der Waals surface area contributed by atoms with Crippen LogP contribution in [-0.2, 0) is 0 Å². The number of phenolic OH excluding ortho intramolecular Hbond substituents is 2. The molecule has 4 heteroatoms. The lowest BCUT2D eigenvalue weighted by Crippen LogP contribution is -2.27. The summed E-state index contributed by atoms with van der Waals surface area (Å²) < 4.78 is 5.81. The maximum absolute atomic E-state index is 9.58. The van der Waals surface area contributed by atoms with Crippen molar-refractivity contribution in [3.05, 3.63) is 96.6 Å². The van der Waals surface area contributed by atoms with E-state index < -0.39 is 0 Å². The van der Waals surface area contributed by atoms with E-state index in [1.54, 1.807) is 23.5 Å². The number of benzene rings is 4. The molecule has 0 aliphatic heterocycles. The summed E-state index contributed by atoms with van der Waals surface area (Å²) in [5.74, 6) is 1.21. The first-order chi connectivity index (χ1) is 20.6. The highest BCUT2D eigenvalue weighted by Crippen LogP contribution is 2.56. The predicted molar refractivity (Wildman–Crippen MR) is 179 cm³/mol. The Morgan fingerprint density at radius 2 is 1.14 bits per heavy atom. The molecule has 2 fully saturated rings. The van der Waals surface area contributed by atoms with Gasteiger partial charge in [0.1, 0.15) is 17.2 Å². The number of phenols is 2. The topological polar surface area (TPSA) is 49.7 Å². The van der Waals surface area contributed by atoms with Crippen molar-refractivity contribution in [1.29, 1.82) is 0 Å². The lowest BCUT2D eigenvalue weighted by Gasteiger charge is -2.39. The first kappa shape index (κ1) is 30.2. The van der Waals surface area contributed by atoms with Crippen LogP contribution in [0.1, 0.15) is 69.8 Å². The highest BCUT2D eigenvalue weighted by molar-refractivity contribution is 7.67. The number of methoxy groups -OCH3 is 1. The fraction of sp³-hybridized carbons (Fsp3) is 0.368. The summed E-state index contributed by atoms with van der Waals surface area (Å²) in [6.07, 6.45) is 14.4. The van der Waals surface area contributed by atoms with Gasteiger partial charge in [0.25, 0.3) is 0 Å². The molecule has 42 heavy (non-hydrogen) atoms. The quantitative estimate of drug-likeness (QED) is 0.223. The highest BCUT2D eigenvalue weighted by atomic mass is 31.1. The van der Waals surface area contributed by atoms with Gasteiger partial charge in [0.15, 0.2) is 0 Å². The lowest BCUT2D eigenvalue weighted by molar-refractivity contribution is 0.416. The van der Waals surface area contributed by atoms with E-state index in [0.717, 1.165) is 22.6 Å². The Bertz CT molecular complexity index is 1380. The van der Waals surface area contributed by atoms with Crippen molar-refractivity contribution in [3.63, 3.8) is 0 Å². The van der Waals surface area contributed by atoms with Gasteiger partial charge in [-0.2, -0.15) is 0 Å². The largest absolute Gasteiger partial charge is 0.507 e. The van der Waals surface area contributed by atoms with Crippen LogP contribution in [0, 0.1) is 6.92 Å². The van der Waals surface area contributed by atoms with E-state index in [-0.39, 0.29) is 19.4 Å². The molecule has 0 atom stereocenters. The van der Waals surface area contributed by atoms with E-state index >= 15 is 0 Å². The first-order valence-corrected chi connectivity index (χ1v) is 17.1. The highest BCUT2D eigenvalue weighted by Gasteiger charge is 2.34. The summed E-state index contributed by atoms with van der Waals surface area (Å²) in [5.41, 5.74) is 7.22. The number of hydrogen-bond acceptors (Lipinski definition) is 3. The van der Waals surface area contributed by atoms with Crippen LogP contribution in [0.2, 0.25) is 0 Å². The van der Waals surface area contributed by atoms with E-state index in [1.165, 1.54) is 80.9 Å². The third-order valence-corrected chi connectivity index (χ3v) is 12.5. The fourth-order valence-electron chi connectivity index (χ4n) is 6.91. The monoisotopic (exact) mass is 580 g/mol. The molecule has 0 heterocycles. The van der Waals surface area contributed by atoms with Gasteiger partial charge in [0.2, 0.25) is 0 Å². The summed E-state index contributed by atoms with van der Waals surface area (Å²) in [4.78, 5) is 0. The van der Waals surface area contributed by atoms with Gasteiger partial charge >= 0.3 is 0 Å². The Morgan fingerprint density at radius 3 is 1.74 bits per heavy atom. The van der Waals surface area contributed by atoms with Gasteiger partial charge in [0, 0.05) is 5.56 Å². The number of aryl methyl sites for hydroxylation is 1. The molecule has 220 valence electrons. The maximum atomic E-state index is 9.58. The van der Waals surface area contributed by atoms with Gasteiger partial charge in [-0.25, -0.2) is 0 Å². The minimum atomic E-state index is -0.122. The summed E-state index contributed by atoms with van der Waals surface area (Å²) in [6, 6.07) is 29.8. The number of hydrogen-bond donors (Lipinski definition) is 2. The Labute approximate surface area is 253 Å². The summed E-state index contributed by atoms with van der Waals surface area (Å²) >= 11 is 0. The molecule has 4 aromatic carbocycles. The number of aromatic hydroxyl groups is 2. The van der Waals surface area contributed by atoms with Crippen molar-refractivity contribution >= 4 is 13.2 Å². The van der Waals surface area contributed by atoms with Gasteiger partial charge in [-0.1, -0.05) is 119 Å². The smallest absolute Gasteiger partial charge is 0.127 e. The fourth-order valence-corrected chi connectivity index (χ4v) is 10.9. The summed E-state index contributed by atoms with van der Waals surface area (Å²) in [6.45, 7) is 2.23. The first-order valence-electron chi connectivity index (χ1n) is 15.7. The molecule has 2 aliphatic carbocycles. The van der Waals surface area contributed by atoms with Gasteiger partial charge in [0.05, 0.1) is 12.7 Å². The lowest BCUT2D eigenvalue weighted by atomic mass is 9.99. The van der Waals surface area contributed by atoms with Gasteiger partial charge in [-0.05, 0) is 84.1 Å². The van der Waals surface area contributed by atoms with E-state index in [0.29, 0.717) is 5.56 Å². The predicted octanol–water partition coefficient (Wildman–Crippen LogP) is 10.2. The Morgan fingerprint density at radius 1 is 0.595 bits per heavy atom. The molecular weight excluding hydrogens is 535 g/mol. The number of ether oxygens (including phenoxy) is 1. The van der Waals surface area contributed by atoms with Crippen LogP contribution >= 0.6 is 7.92 Å². The summed E-state index contributed by atoms with van der Waals surface area (Å²) in [5, 5.41) is 20.8. The molecule has 2 saturated carbocycles. The van der Waals surface area contributed by atoms with Gasteiger partial charge in [-0.3, -0.25) is 0 Å². The van der Waals surface area contributed by atoms with Crippen molar-refractivity contribution < 1.29 is 14.9 Å². The number of rotatable bonds is 6. The van der Waals surface area contributed by atoms with Crippen LogP contribution in [0.15, 0.2) is 91.0 Å². The maximum Gasteiger partial charge on any atom is 0.127 e. The molecule has 0 spiro atoms. The SMILES string of the molecule is COc1cccc(C)c1-c1ccccc1P(C1CCCCC1)C1CCCCC1.Oc1cccc(O)c1-c1ccccc1. The standard InChI is InChI=1S/C26H35OP.C12H10O2/c1-20-12-11-18-24(27-2)26(20)23-17-9-10-19-25(23)28(21-13-5-3-6-14-21)22-15-7-4-8-16-22;13-10-7-4-8-11(14)12(10)9-5-2-1-3-6-9/h9-12,17-19,21-22H,3-8,13-16H2,1-2H3;1-8,13-14H. The van der Waals surface area contributed by atoms with Crippen LogP contribution in [0.4, 0.5) is 0 Å². The third-order valence-electron chi connectivity index (χ3n) is 8.93. The molecular formula is C38H45O3P. The zero-order chi connectivity index (χ0) is 29.3. The van der Waals surface area contributed by atoms with E-state index in [4.69, 9.17) is 4.74 Å². The second-order valence-corrected chi connectivity index (χ2v) is 14.5.